The Labute approximate surface area is 122 Å². The summed E-state index contributed by atoms with van der Waals surface area (Å²) in [6.45, 7) is 3.41. The first kappa shape index (κ1) is 13.2. The molecule has 1 aromatic carbocycles. The monoisotopic (exact) mass is 322 g/mol. The van der Waals surface area contributed by atoms with Gasteiger partial charge in [0, 0.05) is 22.6 Å². The van der Waals surface area contributed by atoms with Crippen LogP contribution in [0.4, 0.5) is 0 Å². The van der Waals surface area contributed by atoms with Crippen molar-refractivity contribution >= 4 is 26.8 Å². The highest BCUT2D eigenvalue weighted by atomic mass is 79.9. The third-order valence-electron chi connectivity index (χ3n) is 3.92. The number of aliphatic hydroxyl groups excluding tert-OH is 1. The lowest BCUT2D eigenvalue weighted by Gasteiger charge is -2.26. The lowest BCUT2D eigenvalue weighted by molar-refractivity contribution is 0.211. The van der Waals surface area contributed by atoms with Crippen LogP contribution in [0.1, 0.15) is 24.8 Å². The molecule has 1 aromatic heterocycles. The molecule has 1 N–H and O–H groups in total. The lowest BCUT2D eigenvalue weighted by Crippen LogP contribution is -2.28. The lowest BCUT2D eigenvalue weighted by atomic mass is 10.1. The molecule has 0 bridgehead atoms. The van der Waals surface area contributed by atoms with Crippen molar-refractivity contribution in [1.29, 1.82) is 0 Å². The maximum atomic E-state index is 9.46. The summed E-state index contributed by atoms with van der Waals surface area (Å²) in [6, 6.07) is 6.25. The molecule has 3 rings (SSSR count). The first-order chi connectivity index (χ1) is 9.28. The van der Waals surface area contributed by atoms with E-state index in [0.29, 0.717) is 0 Å². The number of piperidine rings is 1. The summed E-state index contributed by atoms with van der Waals surface area (Å²) in [5.74, 6) is 0. The van der Waals surface area contributed by atoms with E-state index in [1.807, 2.05) is 10.6 Å². The highest BCUT2D eigenvalue weighted by molar-refractivity contribution is 9.10. The van der Waals surface area contributed by atoms with Crippen LogP contribution in [-0.4, -0.2) is 27.7 Å². The number of benzene rings is 1. The molecule has 1 aliphatic heterocycles. The second-order valence-corrected chi connectivity index (χ2v) is 6.18. The summed E-state index contributed by atoms with van der Waals surface area (Å²) >= 11 is 3.54. The fourth-order valence-corrected chi connectivity index (χ4v) is 3.31. The van der Waals surface area contributed by atoms with Crippen molar-refractivity contribution < 1.29 is 5.11 Å². The Morgan fingerprint density at radius 3 is 2.68 bits per heavy atom. The van der Waals surface area contributed by atoms with E-state index in [1.165, 1.54) is 43.3 Å². The summed E-state index contributed by atoms with van der Waals surface area (Å²) in [6.07, 6.45) is 6.07. The number of aromatic nitrogens is 1. The van der Waals surface area contributed by atoms with E-state index in [9.17, 15) is 5.11 Å². The molecular weight excluding hydrogens is 304 g/mol. The Bertz CT molecular complexity index is 573. The van der Waals surface area contributed by atoms with Gasteiger partial charge < -0.3 is 9.67 Å². The normalized spacial score (nSPS) is 17.2. The molecule has 2 aromatic rings. The van der Waals surface area contributed by atoms with Crippen molar-refractivity contribution in [2.45, 2.75) is 32.5 Å². The van der Waals surface area contributed by atoms with Gasteiger partial charge in [0.25, 0.3) is 0 Å². The van der Waals surface area contributed by atoms with Crippen LogP contribution in [0.5, 0.6) is 0 Å². The van der Waals surface area contributed by atoms with Crippen LogP contribution in [0.25, 0.3) is 10.9 Å². The second kappa shape index (κ2) is 5.65. The summed E-state index contributed by atoms with van der Waals surface area (Å²) in [4.78, 5) is 2.51. The molecule has 1 fully saturated rings. The predicted molar refractivity (Wildman–Crippen MR) is 81.0 cm³/mol. The molecule has 0 aliphatic carbocycles. The molecule has 0 unspecified atom stereocenters. The quantitative estimate of drug-likeness (QED) is 0.938. The molecule has 19 heavy (non-hydrogen) atoms. The molecule has 0 amide bonds. The summed E-state index contributed by atoms with van der Waals surface area (Å²) in [7, 11) is 0. The molecule has 0 saturated carbocycles. The van der Waals surface area contributed by atoms with Crippen molar-refractivity contribution in [3.63, 3.8) is 0 Å². The highest BCUT2D eigenvalue weighted by Crippen LogP contribution is 2.26. The van der Waals surface area contributed by atoms with Crippen LogP contribution in [-0.2, 0) is 13.3 Å². The maximum Gasteiger partial charge on any atom is 0.119 e. The molecule has 1 saturated heterocycles. The number of likely N-dealkylation sites (tertiary alicyclic amines) is 1. The van der Waals surface area contributed by atoms with Crippen molar-refractivity contribution in [2.75, 3.05) is 13.1 Å². The average Bonchev–Trinajstić information content (AvgIpc) is 2.77. The van der Waals surface area contributed by atoms with Crippen LogP contribution in [0.3, 0.4) is 0 Å². The van der Waals surface area contributed by atoms with Crippen LogP contribution >= 0.6 is 15.9 Å². The maximum absolute atomic E-state index is 9.46. The van der Waals surface area contributed by atoms with Gasteiger partial charge in [-0.05, 0) is 49.7 Å². The molecule has 102 valence electrons. The minimum atomic E-state index is 0.0398. The van der Waals surface area contributed by atoms with Crippen LogP contribution in [0.15, 0.2) is 28.9 Å². The van der Waals surface area contributed by atoms with Gasteiger partial charge in [0.15, 0.2) is 0 Å². The molecule has 1 aliphatic rings. The van der Waals surface area contributed by atoms with Gasteiger partial charge in [-0.3, -0.25) is 4.90 Å². The van der Waals surface area contributed by atoms with Gasteiger partial charge in [-0.2, -0.15) is 0 Å². The van der Waals surface area contributed by atoms with Gasteiger partial charge in [0.1, 0.15) is 6.73 Å². The number of hydrogen-bond donors (Lipinski definition) is 1. The van der Waals surface area contributed by atoms with Gasteiger partial charge in [0.05, 0.1) is 5.52 Å². The van der Waals surface area contributed by atoms with Crippen molar-refractivity contribution in [3.8, 4) is 0 Å². The number of rotatable bonds is 3. The highest BCUT2D eigenvalue weighted by Gasteiger charge is 2.14. The second-order valence-electron chi connectivity index (χ2n) is 5.26. The van der Waals surface area contributed by atoms with E-state index in [1.54, 1.807) is 0 Å². The first-order valence-electron chi connectivity index (χ1n) is 6.88. The zero-order valence-corrected chi connectivity index (χ0v) is 12.6. The van der Waals surface area contributed by atoms with E-state index >= 15 is 0 Å². The van der Waals surface area contributed by atoms with Crippen molar-refractivity contribution in [1.82, 2.24) is 9.47 Å². The van der Waals surface area contributed by atoms with Crippen molar-refractivity contribution in [2.24, 2.45) is 0 Å². The number of hydrogen-bond acceptors (Lipinski definition) is 2. The van der Waals surface area contributed by atoms with E-state index < -0.39 is 0 Å². The van der Waals surface area contributed by atoms with Gasteiger partial charge in [-0.1, -0.05) is 22.4 Å². The average molecular weight is 323 g/mol. The minimum Gasteiger partial charge on any atom is -0.376 e. The van der Waals surface area contributed by atoms with Gasteiger partial charge in [-0.15, -0.1) is 0 Å². The molecule has 0 atom stereocenters. The Morgan fingerprint density at radius 2 is 1.95 bits per heavy atom. The number of fused-ring (bicyclic) bond motifs is 1. The van der Waals surface area contributed by atoms with E-state index in [0.717, 1.165) is 16.5 Å². The topological polar surface area (TPSA) is 28.4 Å². The summed E-state index contributed by atoms with van der Waals surface area (Å²) in [5, 5.41) is 10.7. The summed E-state index contributed by atoms with van der Waals surface area (Å²) < 4.78 is 3.01. The molecule has 2 heterocycles. The third-order valence-corrected chi connectivity index (χ3v) is 4.41. The van der Waals surface area contributed by atoms with Gasteiger partial charge in [-0.25, -0.2) is 0 Å². The van der Waals surface area contributed by atoms with Crippen LogP contribution in [0.2, 0.25) is 0 Å². The van der Waals surface area contributed by atoms with E-state index in [4.69, 9.17) is 0 Å². The van der Waals surface area contributed by atoms with Gasteiger partial charge >= 0.3 is 0 Å². The first-order valence-corrected chi connectivity index (χ1v) is 7.68. The Hall–Kier alpha value is -0.840. The molecular formula is C15H19BrN2O. The van der Waals surface area contributed by atoms with Crippen LogP contribution < -0.4 is 0 Å². The van der Waals surface area contributed by atoms with Crippen LogP contribution in [0, 0.1) is 0 Å². The number of nitrogens with zero attached hydrogens (tertiary/aromatic N) is 2. The minimum absolute atomic E-state index is 0.0398. The molecule has 0 radical (unpaired) electrons. The Morgan fingerprint density at radius 1 is 1.16 bits per heavy atom. The molecule has 4 heteroatoms. The fourth-order valence-electron chi connectivity index (χ4n) is 2.94. The fraction of sp³-hybridized carbons (Fsp3) is 0.467. The summed E-state index contributed by atoms with van der Waals surface area (Å²) in [5.41, 5.74) is 2.42. The SMILES string of the molecule is OCn1cc(CN2CCCCC2)c2cc(Br)ccc21. The zero-order valence-electron chi connectivity index (χ0n) is 11.0. The Kier molecular flexibility index (Phi) is 3.91. The standard InChI is InChI=1S/C15H19BrN2O/c16-13-4-5-15-14(8-13)12(10-18(15)11-19)9-17-6-2-1-3-7-17/h4-5,8,10,19H,1-3,6-7,9,11H2. The van der Waals surface area contributed by atoms with E-state index in [-0.39, 0.29) is 6.73 Å². The number of halogens is 1. The Balaban J connectivity index is 1.95. The molecule has 3 nitrogen and oxygen atoms in total. The van der Waals surface area contributed by atoms with Crippen molar-refractivity contribution in [3.05, 3.63) is 34.4 Å². The van der Waals surface area contributed by atoms with Gasteiger partial charge in [0.2, 0.25) is 0 Å². The third kappa shape index (κ3) is 2.71. The predicted octanol–water partition coefficient (Wildman–Crippen LogP) is 3.34. The number of aliphatic hydroxyl groups is 1. The smallest absolute Gasteiger partial charge is 0.119 e. The zero-order chi connectivity index (χ0) is 13.2. The molecule has 0 spiro atoms. The largest absolute Gasteiger partial charge is 0.376 e. The van der Waals surface area contributed by atoms with E-state index in [2.05, 4.69) is 39.2 Å².